The van der Waals surface area contributed by atoms with Crippen molar-refractivity contribution in [3.63, 3.8) is 0 Å². The summed E-state index contributed by atoms with van der Waals surface area (Å²) in [6.07, 6.45) is 1.63. The van der Waals surface area contributed by atoms with Crippen molar-refractivity contribution >= 4 is 64.8 Å². The van der Waals surface area contributed by atoms with Crippen LogP contribution in [0, 0.1) is 17.7 Å². The van der Waals surface area contributed by atoms with Gasteiger partial charge < -0.3 is 19.8 Å². The number of hydrogen-bond donors (Lipinski definition) is 2. The molecule has 3 aromatic rings. The Labute approximate surface area is 231 Å². The van der Waals surface area contributed by atoms with Crippen molar-refractivity contribution in [2.45, 2.75) is 29.6 Å². The number of methoxy groups -OCH3 is 1. The van der Waals surface area contributed by atoms with Gasteiger partial charge in [-0.25, -0.2) is 4.39 Å². The second kappa shape index (κ2) is 14.4. The van der Waals surface area contributed by atoms with Gasteiger partial charge in [0.2, 0.25) is 0 Å². The average Bonchev–Trinajstić information content (AvgIpc) is 3.36. The zero-order valence-corrected chi connectivity index (χ0v) is 23.1. The highest BCUT2D eigenvalue weighted by molar-refractivity contribution is 8.01. The lowest BCUT2D eigenvalue weighted by atomic mass is 9.81. The number of carbonyl (C=O) groups is 1. The molecule has 198 valence electrons. The fourth-order valence-corrected chi connectivity index (χ4v) is 6.53. The van der Waals surface area contributed by atoms with E-state index in [4.69, 9.17) is 4.74 Å². The van der Waals surface area contributed by atoms with Gasteiger partial charge in [-0.1, -0.05) is 6.07 Å². The number of likely N-dealkylation sites (tertiary alicyclic amines) is 1. The normalized spacial score (nSPS) is 18.8. The number of nitrogens with zero attached hydrogens (tertiary/aromatic N) is 2. The van der Waals surface area contributed by atoms with Crippen LogP contribution in [-0.4, -0.2) is 58.6 Å². The van der Waals surface area contributed by atoms with Crippen molar-refractivity contribution in [2.24, 2.45) is 11.8 Å². The minimum absolute atomic E-state index is 0. The molecule has 3 heterocycles. The van der Waals surface area contributed by atoms with Crippen LogP contribution in [-0.2, 0) is 4.79 Å². The summed E-state index contributed by atoms with van der Waals surface area (Å²) in [5.74, 6) is -0.440. The van der Waals surface area contributed by atoms with Gasteiger partial charge in [0, 0.05) is 29.8 Å². The number of rotatable bonds is 10. The van der Waals surface area contributed by atoms with Gasteiger partial charge in [0.15, 0.2) is 0 Å². The van der Waals surface area contributed by atoms with E-state index in [1.165, 1.54) is 11.3 Å². The summed E-state index contributed by atoms with van der Waals surface area (Å²) in [6, 6.07) is 9.28. The molecule has 1 fully saturated rings. The minimum Gasteiger partial charge on any atom is -0.497 e. The lowest BCUT2D eigenvalue weighted by Crippen LogP contribution is -2.44. The van der Waals surface area contributed by atoms with Gasteiger partial charge in [0.05, 0.1) is 35.1 Å². The molecule has 3 unspecified atom stereocenters. The SMILES string of the molecule is COc1ccc2ncc(F)c(C(O)CCC3CCN(CCSc4cccs4)CC3C(=O)O)c2c1.Cl.Cl. The summed E-state index contributed by atoms with van der Waals surface area (Å²) in [4.78, 5) is 18.3. The molecule has 6 nitrogen and oxygen atoms in total. The summed E-state index contributed by atoms with van der Waals surface area (Å²) < 4.78 is 21.2. The van der Waals surface area contributed by atoms with E-state index in [0.29, 0.717) is 29.6 Å². The Bertz CT molecular complexity index is 1120. The first-order valence-electron chi connectivity index (χ1n) is 11.4. The number of thioether (sulfide) groups is 1. The summed E-state index contributed by atoms with van der Waals surface area (Å²) in [5, 5.41) is 23.3. The topological polar surface area (TPSA) is 82.9 Å². The van der Waals surface area contributed by atoms with Crippen LogP contribution in [0.2, 0.25) is 0 Å². The van der Waals surface area contributed by atoms with Crippen LogP contribution in [0.4, 0.5) is 4.39 Å². The zero-order chi connectivity index (χ0) is 24.1. The molecule has 0 radical (unpaired) electrons. The number of aromatic nitrogens is 1. The van der Waals surface area contributed by atoms with E-state index in [0.717, 1.165) is 31.5 Å². The fraction of sp³-hybridized carbons (Fsp3) is 0.440. The van der Waals surface area contributed by atoms with E-state index in [9.17, 15) is 19.4 Å². The van der Waals surface area contributed by atoms with Crippen molar-refractivity contribution in [1.29, 1.82) is 0 Å². The summed E-state index contributed by atoms with van der Waals surface area (Å²) in [6.45, 7) is 2.18. The third kappa shape index (κ3) is 7.46. The maximum atomic E-state index is 14.7. The molecule has 36 heavy (non-hydrogen) atoms. The smallest absolute Gasteiger partial charge is 0.308 e. The maximum absolute atomic E-state index is 14.7. The Morgan fingerprint density at radius 2 is 2.17 bits per heavy atom. The van der Waals surface area contributed by atoms with E-state index in [1.54, 1.807) is 41.3 Å². The van der Waals surface area contributed by atoms with Crippen LogP contribution in [0.25, 0.3) is 10.9 Å². The van der Waals surface area contributed by atoms with Crippen molar-refractivity contribution < 1.29 is 24.1 Å². The molecule has 0 saturated carbocycles. The molecule has 0 aliphatic carbocycles. The largest absolute Gasteiger partial charge is 0.497 e. The molecule has 0 amide bonds. The summed E-state index contributed by atoms with van der Waals surface area (Å²) >= 11 is 3.51. The third-order valence-electron chi connectivity index (χ3n) is 6.52. The van der Waals surface area contributed by atoms with Gasteiger partial charge in [-0.15, -0.1) is 47.9 Å². The quantitative estimate of drug-likeness (QED) is 0.290. The molecular formula is C25H31Cl2FN2O4S2. The van der Waals surface area contributed by atoms with Crippen molar-refractivity contribution in [1.82, 2.24) is 9.88 Å². The Balaban J connectivity index is 0.00000228. The molecule has 11 heteroatoms. The molecule has 4 rings (SSSR count). The maximum Gasteiger partial charge on any atom is 0.308 e. The van der Waals surface area contributed by atoms with E-state index >= 15 is 0 Å². The lowest BCUT2D eigenvalue weighted by Gasteiger charge is -2.36. The molecule has 1 aromatic carbocycles. The summed E-state index contributed by atoms with van der Waals surface area (Å²) in [5.41, 5.74) is 0.771. The van der Waals surface area contributed by atoms with Crippen LogP contribution in [0.3, 0.4) is 0 Å². The fourth-order valence-electron chi connectivity index (χ4n) is 4.67. The minimum atomic E-state index is -1.05. The van der Waals surface area contributed by atoms with Crippen molar-refractivity contribution in [3.8, 4) is 5.75 Å². The van der Waals surface area contributed by atoms with Gasteiger partial charge in [-0.05, 0) is 61.4 Å². The number of aliphatic hydroxyl groups excluding tert-OH is 1. The first-order chi connectivity index (χ1) is 16.5. The molecule has 0 bridgehead atoms. The highest BCUT2D eigenvalue weighted by atomic mass is 35.5. The molecular weight excluding hydrogens is 546 g/mol. The second-order valence-electron chi connectivity index (χ2n) is 8.57. The average molecular weight is 578 g/mol. The molecule has 2 aromatic heterocycles. The number of hydrogen-bond acceptors (Lipinski definition) is 7. The van der Waals surface area contributed by atoms with E-state index in [-0.39, 0.29) is 42.7 Å². The Kier molecular flexibility index (Phi) is 12.2. The van der Waals surface area contributed by atoms with E-state index < -0.39 is 23.8 Å². The number of aliphatic hydroxyl groups is 1. The number of ether oxygens (including phenoxy) is 1. The zero-order valence-electron chi connectivity index (χ0n) is 19.8. The van der Waals surface area contributed by atoms with Crippen LogP contribution in [0.1, 0.15) is 30.9 Å². The summed E-state index contributed by atoms with van der Waals surface area (Å²) in [7, 11) is 1.53. The molecule has 1 aliphatic rings. The van der Waals surface area contributed by atoms with E-state index in [2.05, 4.69) is 21.3 Å². The number of benzene rings is 1. The molecule has 0 spiro atoms. The Morgan fingerprint density at radius 1 is 1.36 bits per heavy atom. The highest BCUT2D eigenvalue weighted by Gasteiger charge is 2.34. The van der Waals surface area contributed by atoms with Crippen LogP contribution in [0.5, 0.6) is 5.75 Å². The second-order valence-corrected chi connectivity index (χ2v) is 10.9. The third-order valence-corrected chi connectivity index (χ3v) is 8.63. The lowest BCUT2D eigenvalue weighted by molar-refractivity contribution is -0.146. The number of carboxylic acid groups (broad SMARTS) is 1. The van der Waals surface area contributed by atoms with Crippen LogP contribution in [0.15, 0.2) is 46.1 Å². The number of pyridine rings is 1. The first-order valence-corrected chi connectivity index (χ1v) is 13.2. The van der Waals surface area contributed by atoms with Crippen molar-refractivity contribution in [3.05, 3.63) is 53.3 Å². The van der Waals surface area contributed by atoms with Gasteiger partial charge >= 0.3 is 5.97 Å². The standard InChI is InChI=1S/C25H29FN2O4S2.2ClH/c1-32-17-5-6-21-18(13-17)24(20(26)14-27-21)22(29)7-4-16-8-9-28(15-19(16)25(30)31)10-12-34-23-3-2-11-33-23;;/h2-3,5-6,11,13-14,16,19,22,29H,4,7-10,12,15H2,1H3,(H,30,31);2*1H. The molecule has 2 N–H and O–H groups in total. The number of thiophene rings is 1. The molecule has 1 saturated heterocycles. The number of halogens is 3. The number of piperidine rings is 1. The number of carboxylic acids is 1. The number of aliphatic carboxylic acids is 1. The van der Waals surface area contributed by atoms with Gasteiger partial charge in [-0.2, -0.15) is 0 Å². The monoisotopic (exact) mass is 576 g/mol. The predicted molar refractivity (Wildman–Crippen MR) is 148 cm³/mol. The van der Waals surface area contributed by atoms with Crippen LogP contribution >= 0.6 is 47.9 Å². The molecule has 1 aliphatic heterocycles. The van der Waals surface area contributed by atoms with Crippen molar-refractivity contribution in [2.75, 3.05) is 32.5 Å². The highest BCUT2D eigenvalue weighted by Crippen LogP contribution is 2.35. The Hall–Kier alpha value is -1.62. The van der Waals surface area contributed by atoms with Gasteiger partial charge in [0.1, 0.15) is 11.6 Å². The molecule has 3 atom stereocenters. The number of fused-ring (bicyclic) bond motifs is 1. The van der Waals surface area contributed by atoms with Gasteiger partial charge in [-0.3, -0.25) is 9.78 Å². The van der Waals surface area contributed by atoms with Crippen LogP contribution < -0.4 is 4.74 Å². The Morgan fingerprint density at radius 3 is 2.86 bits per heavy atom. The first kappa shape index (κ1) is 30.6. The predicted octanol–water partition coefficient (Wildman–Crippen LogP) is 5.92. The van der Waals surface area contributed by atoms with E-state index in [1.807, 2.05) is 6.07 Å². The van der Waals surface area contributed by atoms with Gasteiger partial charge in [0.25, 0.3) is 0 Å².